The summed E-state index contributed by atoms with van der Waals surface area (Å²) in [7, 11) is 0. The third kappa shape index (κ3) is 18.9. The zero-order valence-corrected chi connectivity index (χ0v) is 19.8. The molecule has 0 atom stereocenters. The van der Waals surface area contributed by atoms with Gasteiger partial charge in [-0.05, 0) is 45.4 Å². The number of allylic oxidation sites excluding steroid dienone is 2. The zero-order valence-electron chi connectivity index (χ0n) is 19.8. The summed E-state index contributed by atoms with van der Waals surface area (Å²) in [6.07, 6.45) is 29.8. The van der Waals surface area contributed by atoms with E-state index in [0.29, 0.717) is 0 Å². The van der Waals surface area contributed by atoms with Gasteiger partial charge in [-0.1, -0.05) is 128 Å². The van der Waals surface area contributed by atoms with Gasteiger partial charge in [-0.2, -0.15) is 0 Å². The van der Waals surface area contributed by atoms with Gasteiger partial charge < -0.3 is 0 Å². The lowest BCUT2D eigenvalue weighted by Gasteiger charge is -2.13. The SMILES string of the molecule is CCCCCCCCC(C)=C(CCCCCCCC)CCCCCCCC. The molecule has 0 N–H and O–H groups in total. The van der Waals surface area contributed by atoms with Crippen LogP contribution in [0.1, 0.15) is 163 Å². The van der Waals surface area contributed by atoms with Crippen LogP contribution >= 0.6 is 0 Å². The van der Waals surface area contributed by atoms with Crippen LogP contribution in [0.25, 0.3) is 0 Å². The molecular formula is C27H54. The van der Waals surface area contributed by atoms with Crippen molar-refractivity contribution < 1.29 is 0 Å². The largest absolute Gasteiger partial charge is 0.0741 e. The number of unbranched alkanes of at least 4 members (excludes halogenated alkanes) is 15. The molecule has 0 aromatic heterocycles. The lowest BCUT2D eigenvalue weighted by atomic mass is 9.93. The lowest BCUT2D eigenvalue weighted by Crippen LogP contribution is -1.93. The van der Waals surface area contributed by atoms with Gasteiger partial charge >= 0.3 is 0 Å². The molecule has 0 aliphatic heterocycles. The molecule has 0 unspecified atom stereocenters. The predicted molar refractivity (Wildman–Crippen MR) is 127 cm³/mol. The van der Waals surface area contributed by atoms with Gasteiger partial charge in [-0.15, -0.1) is 0 Å². The highest BCUT2D eigenvalue weighted by Crippen LogP contribution is 2.24. The Kier molecular flexibility index (Phi) is 21.8. The van der Waals surface area contributed by atoms with Gasteiger partial charge in [-0.25, -0.2) is 0 Å². The van der Waals surface area contributed by atoms with Crippen molar-refractivity contribution in [2.75, 3.05) is 0 Å². The molecule has 27 heavy (non-hydrogen) atoms. The van der Waals surface area contributed by atoms with Crippen LogP contribution in [0, 0.1) is 0 Å². The molecule has 0 saturated carbocycles. The maximum Gasteiger partial charge on any atom is -0.0318 e. The first kappa shape index (κ1) is 26.7. The van der Waals surface area contributed by atoms with Crippen LogP contribution in [0.5, 0.6) is 0 Å². The van der Waals surface area contributed by atoms with Crippen LogP contribution in [-0.2, 0) is 0 Å². The Morgan fingerprint density at radius 1 is 0.370 bits per heavy atom. The fourth-order valence-corrected chi connectivity index (χ4v) is 4.14. The second-order valence-corrected chi connectivity index (χ2v) is 8.94. The lowest BCUT2D eigenvalue weighted by molar-refractivity contribution is 0.575. The Morgan fingerprint density at radius 3 is 1.04 bits per heavy atom. The first-order valence-corrected chi connectivity index (χ1v) is 12.9. The summed E-state index contributed by atoms with van der Waals surface area (Å²) >= 11 is 0. The quantitative estimate of drug-likeness (QED) is 0.137. The van der Waals surface area contributed by atoms with E-state index in [2.05, 4.69) is 27.7 Å². The fourth-order valence-electron chi connectivity index (χ4n) is 4.14. The van der Waals surface area contributed by atoms with Crippen LogP contribution in [0.2, 0.25) is 0 Å². The maximum absolute atomic E-state index is 2.45. The van der Waals surface area contributed by atoms with Gasteiger partial charge in [0.2, 0.25) is 0 Å². The smallest absolute Gasteiger partial charge is 0.0318 e. The van der Waals surface area contributed by atoms with E-state index in [-0.39, 0.29) is 0 Å². The molecule has 0 amide bonds. The predicted octanol–water partition coefficient (Wildman–Crippen LogP) is 10.6. The average molecular weight is 379 g/mol. The minimum absolute atomic E-state index is 1.36. The van der Waals surface area contributed by atoms with E-state index in [9.17, 15) is 0 Å². The van der Waals surface area contributed by atoms with E-state index in [1.165, 1.54) is 135 Å². The molecular weight excluding hydrogens is 324 g/mol. The van der Waals surface area contributed by atoms with E-state index >= 15 is 0 Å². The van der Waals surface area contributed by atoms with Gasteiger partial charge in [0, 0.05) is 0 Å². The Morgan fingerprint density at radius 2 is 0.667 bits per heavy atom. The highest BCUT2D eigenvalue weighted by Gasteiger charge is 2.04. The van der Waals surface area contributed by atoms with Crippen molar-refractivity contribution >= 4 is 0 Å². The Labute approximate surface area is 174 Å². The monoisotopic (exact) mass is 378 g/mol. The molecule has 0 rings (SSSR count). The molecule has 0 nitrogen and oxygen atoms in total. The van der Waals surface area contributed by atoms with Crippen molar-refractivity contribution in [3.8, 4) is 0 Å². The van der Waals surface area contributed by atoms with Gasteiger partial charge in [0.1, 0.15) is 0 Å². The normalized spacial score (nSPS) is 11.1. The fraction of sp³-hybridized carbons (Fsp3) is 0.926. The van der Waals surface area contributed by atoms with Crippen LogP contribution in [0.4, 0.5) is 0 Å². The van der Waals surface area contributed by atoms with Crippen molar-refractivity contribution in [1.82, 2.24) is 0 Å². The van der Waals surface area contributed by atoms with Crippen molar-refractivity contribution in [2.45, 2.75) is 163 Å². The Balaban J connectivity index is 4.16. The zero-order chi connectivity index (χ0) is 20.0. The number of rotatable bonds is 21. The topological polar surface area (TPSA) is 0 Å². The molecule has 162 valence electrons. The summed E-state index contributed by atoms with van der Waals surface area (Å²) in [5, 5.41) is 0. The highest BCUT2D eigenvalue weighted by atomic mass is 14.1. The van der Waals surface area contributed by atoms with Crippen molar-refractivity contribution in [3.63, 3.8) is 0 Å². The van der Waals surface area contributed by atoms with Crippen LogP contribution in [0.15, 0.2) is 11.1 Å². The van der Waals surface area contributed by atoms with Crippen LogP contribution < -0.4 is 0 Å². The molecule has 0 aromatic carbocycles. The molecule has 0 aliphatic rings. The Hall–Kier alpha value is -0.260. The minimum atomic E-state index is 1.36. The van der Waals surface area contributed by atoms with Crippen molar-refractivity contribution in [3.05, 3.63) is 11.1 Å². The molecule has 0 aliphatic carbocycles. The third-order valence-electron chi connectivity index (χ3n) is 6.17. The van der Waals surface area contributed by atoms with Gasteiger partial charge in [-0.3, -0.25) is 0 Å². The van der Waals surface area contributed by atoms with E-state index in [0.717, 1.165) is 0 Å². The van der Waals surface area contributed by atoms with E-state index < -0.39 is 0 Å². The first-order chi connectivity index (χ1) is 13.3. The summed E-state index contributed by atoms with van der Waals surface area (Å²) in [5.74, 6) is 0. The van der Waals surface area contributed by atoms with E-state index in [1.54, 1.807) is 5.57 Å². The van der Waals surface area contributed by atoms with Crippen molar-refractivity contribution in [2.24, 2.45) is 0 Å². The minimum Gasteiger partial charge on any atom is -0.0741 e. The van der Waals surface area contributed by atoms with E-state index in [4.69, 9.17) is 0 Å². The number of hydrogen-bond donors (Lipinski definition) is 0. The average Bonchev–Trinajstić information content (AvgIpc) is 2.68. The molecule has 0 heterocycles. The molecule has 0 fully saturated rings. The molecule has 0 heteroatoms. The van der Waals surface area contributed by atoms with Crippen LogP contribution in [0.3, 0.4) is 0 Å². The summed E-state index contributed by atoms with van der Waals surface area (Å²) in [5.41, 5.74) is 3.60. The van der Waals surface area contributed by atoms with E-state index in [1.807, 2.05) is 5.57 Å². The standard InChI is InChI=1S/C27H54/c1-5-8-11-14-17-20-23-26(4)27(24-21-18-15-12-9-6-2)25-22-19-16-13-10-7-3/h5-25H2,1-4H3. The number of hydrogen-bond acceptors (Lipinski definition) is 0. The molecule has 0 radical (unpaired) electrons. The molecule has 0 spiro atoms. The molecule has 0 saturated heterocycles. The summed E-state index contributed by atoms with van der Waals surface area (Å²) in [6, 6.07) is 0. The van der Waals surface area contributed by atoms with Gasteiger partial charge in [0.15, 0.2) is 0 Å². The first-order valence-electron chi connectivity index (χ1n) is 12.9. The maximum atomic E-state index is 2.45. The van der Waals surface area contributed by atoms with Crippen LogP contribution in [-0.4, -0.2) is 0 Å². The second kappa shape index (κ2) is 22.0. The summed E-state index contributed by atoms with van der Waals surface area (Å²) in [4.78, 5) is 0. The molecule has 0 aromatic rings. The van der Waals surface area contributed by atoms with Gasteiger partial charge in [0.05, 0.1) is 0 Å². The van der Waals surface area contributed by atoms with Gasteiger partial charge in [0.25, 0.3) is 0 Å². The summed E-state index contributed by atoms with van der Waals surface area (Å²) < 4.78 is 0. The summed E-state index contributed by atoms with van der Waals surface area (Å²) in [6.45, 7) is 9.39. The second-order valence-electron chi connectivity index (χ2n) is 8.94. The highest BCUT2D eigenvalue weighted by molar-refractivity contribution is 5.12. The Bertz CT molecular complexity index is 294. The van der Waals surface area contributed by atoms with Crippen molar-refractivity contribution in [1.29, 1.82) is 0 Å². The molecule has 0 bridgehead atoms. The third-order valence-corrected chi connectivity index (χ3v) is 6.17.